The number of hydrogen-bond acceptors (Lipinski definition) is 1. The quantitative estimate of drug-likeness (QED) is 0.837. The number of halogens is 3. The summed E-state index contributed by atoms with van der Waals surface area (Å²) in [6, 6.07) is 5.40. The molecule has 0 bridgehead atoms. The molecule has 16 heavy (non-hydrogen) atoms. The molecule has 1 aromatic rings. The van der Waals surface area contributed by atoms with Crippen LogP contribution >= 0.6 is 0 Å². The highest BCUT2D eigenvalue weighted by atomic mass is 19.4. The molecule has 0 radical (unpaired) electrons. The van der Waals surface area contributed by atoms with Gasteiger partial charge in [-0.1, -0.05) is 26.0 Å². The van der Waals surface area contributed by atoms with Gasteiger partial charge in [0.2, 0.25) is 0 Å². The van der Waals surface area contributed by atoms with E-state index in [1.54, 1.807) is 0 Å². The standard InChI is InChI=1S/C12H16F3N/c1-8(2)11(16-3)9-4-6-10(7-5-9)12(13,14)15/h4-8,11,16H,1-3H3. The van der Waals surface area contributed by atoms with Crippen molar-refractivity contribution in [1.29, 1.82) is 0 Å². The van der Waals surface area contributed by atoms with Crippen molar-refractivity contribution in [1.82, 2.24) is 5.32 Å². The molecule has 1 atom stereocenters. The van der Waals surface area contributed by atoms with Gasteiger partial charge < -0.3 is 5.32 Å². The summed E-state index contributed by atoms with van der Waals surface area (Å²) in [6.07, 6.45) is -4.26. The molecule has 0 aliphatic heterocycles. The van der Waals surface area contributed by atoms with Crippen molar-refractivity contribution >= 4 is 0 Å². The average molecular weight is 231 g/mol. The van der Waals surface area contributed by atoms with Crippen molar-refractivity contribution in [2.24, 2.45) is 5.92 Å². The van der Waals surface area contributed by atoms with Gasteiger partial charge in [-0.05, 0) is 30.7 Å². The third kappa shape index (κ3) is 2.98. The summed E-state index contributed by atoms with van der Waals surface area (Å²) in [5.74, 6) is 0.335. The second-order valence-corrected chi connectivity index (χ2v) is 4.13. The van der Waals surface area contributed by atoms with Crippen molar-refractivity contribution in [2.75, 3.05) is 7.05 Å². The van der Waals surface area contributed by atoms with Gasteiger partial charge in [0.1, 0.15) is 0 Å². The molecule has 4 heteroatoms. The Morgan fingerprint density at radius 2 is 1.56 bits per heavy atom. The Morgan fingerprint density at radius 1 is 1.06 bits per heavy atom. The smallest absolute Gasteiger partial charge is 0.313 e. The highest BCUT2D eigenvalue weighted by molar-refractivity contribution is 5.27. The van der Waals surface area contributed by atoms with Crippen LogP contribution in [0.5, 0.6) is 0 Å². The van der Waals surface area contributed by atoms with Gasteiger partial charge in [0.25, 0.3) is 0 Å². The minimum absolute atomic E-state index is 0.0854. The summed E-state index contributed by atoms with van der Waals surface area (Å²) in [5.41, 5.74) is 0.278. The van der Waals surface area contributed by atoms with E-state index >= 15 is 0 Å². The SMILES string of the molecule is CNC(c1ccc(C(F)(F)F)cc1)C(C)C. The number of nitrogens with one attached hydrogen (secondary N) is 1. The first-order valence-corrected chi connectivity index (χ1v) is 5.20. The van der Waals surface area contributed by atoms with Crippen LogP contribution in [0.4, 0.5) is 13.2 Å². The van der Waals surface area contributed by atoms with Gasteiger partial charge >= 0.3 is 6.18 Å². The summed E-state index contributed by atoms with van der Waals surface area (Å²) >= 11 is 0. The summed E-state index contributed by atoms with van der Waals surface area (Å²) < 4.78 is 37.0. The minimum Gasteiger partial charge on any atom is -0.313 e. The Morgan fingerprint density at radius 3 is 1.88 bits per heavy atom. The molecule has 90 valence electrons. The van der Waals surface area contributed by atoms with Crippen molar-refractivity contribution in [3.63, 3.8) is 0 Å². The van der Waals surface area contributed by atoms with E-state index in [1.807, 2.05) is 20.9 Å². The Hall–Kier alpha value is -1.03. The van der Waals surface area contributed by atoms with Crippen LogP contribution in [0, 0.1) is 5.92 Å². The molecule has 0 spiro atoms. The Bertz CT molecular complexity index is 327. The predicted octanol–water partition coefficient (Wildman–Crippen LogP) is 3.62. The van der Waals surface area contributed by atoms with Crippen molar-refractivity contribution in [3.05, 3.63) is 35.4 Å². The largest absolute Gasteiger partial charge is 0.416 e. The maximum atomic E-state index is 12.3. The molecule has 1 unspecified atom stereocenters. The first-order valence-electron chi connectivity index (χ1n) is 5.20. The molecule has 1 N–H and O–H groups in total. The maximum absolute atomic E-state index is 12.3. The molecule has 1 aromatic carbocycles. The molecule has 1 nitrogen and oxygen atoms in total. The summed E-state index contributed by atoms with van der Waals surface area (Å²) in [6.45, 7) is 4.05. The van der Waals surface area contributed by atoms with Gasteiger partial charge in [0.15, 0.2) is 0 Å². The topological polar surface area (TPSA) is 12.0 Å². The normalized spacial score (nSPS) is 14.2. The van der Waals surface area contributed by atoms with E-state index in [4.69, 9.17) is 0 Å². The predicted molar refractivity (Wildman–Crippen MR) is 58.1 cm³/mol. The molecule has 0 fully saturated rings. The molecule has 0 aromatic heterocycles. The van der Waals surface area contributed by atoms with Crippen molar-refractivity contribution in [3.8, 4) is 0 Å². The molecule has 0 saturated carbocycles. The summed E-state index contributed by atoms with van der Waals surface area (Å²) in [7, 11) is 1.81. The van der Waals surface area contributed by atoms with E-state index in [0.29, 0.717) is 5.92 Å². The fraction of sp³-hybridized carbons (Fsp3) is 0.500. The summed E-state index contributed by atoms with van der Waals surface area (Å²) in [5, 5.41) is 3.09. The monoisotopic (exact) mass is 231 g/mol. The zero-order valence-electron chi connectivity index (χ0n) is 9.60. The van der Waals surface area contributed by atoms with E-state index in [9.17, 15) is 13.2 Å². The molecule has 1 rings (SSSR count). The van der Waals surface area contributed by atoms with Crippen LogP contribution < -0.4 is 5.32 Å². The lowest BCUT2D eigenvalue weighted by molar-refractivity contribution is -0.137. The van der Waals surface area contributed by atoms with Gasteiger partial charge in [-0.3, -0.25) is 0 Å². The molecule has 0 heterocycles. The lowest BCUT2D eigenvalue weighted by atomic mass is 9.95. The molecule has 0 amide bonds. The second kappa shape index (κ2) is 4.87. The zero-order valence-corrected chi connectivity index (χ0v) is 9.60. The van der Waals surface area contributed by atoms with Crippen LogP contribution in [-0.2, 0) is 6.18 Å². The zero-order chi connectivity index (χ0) is 12.3. The Balaban J connectivity index is 2.94. The first kappa shape index (κ1) is 13.0. The van der Waals surface area contributed by atoms with E-state index in [-0.39, 0.29) is 6.04 Å². The lowest BCUT2D eigenvalue weighted by Gasteiger charge is -2.21. The van der Waals surface area contributed by atoms with Crippen molar-refractivity contribution in [2.45, 2.75) is 26.1 Å². The van der Waals surface area contributed by atoms with E-state index in [1.165, 1.54) is 12.1 Å². The lowest BCUT2D eigenvalue weighted by Crippen LogP contribution is -2.21. The van der Waals surface area contributed by atoms with Crippen molar-refractivity contribution < 1.29 is 13.2 Å². The highest BCUT2D eigenvalue weighted by Gasteiger charge is 2.30. The Kier molecular flexibility index (Phi) is 3.97. The van der Waals surface area contributed by atoms with Gasteiger partial charge in [-0.15, -0.1) is 0 Å². The number of hydrogen-bond donors (Lipinski definition) is 1. The van der Waals surface area contributed by atoms with Crippen LogP contribution in [-0.4, -0.2) is 7.05 Å². The van der Waals surface area contributed by atoms with Gasteiger partial charge in [0.05, 0.1) is 5.56 Å². The van der Waals surface area contributed by atoms with E-state index in [0.717, 1.165) is 17.7 Å². The third-order valence-electron chi connectivity index (χ3n) is 2.57. The second-order valence-electron chi connectivity index (χ2n) is 4.13. The summed E-state index contributed by atoms with van der Waals surface area (Å²) in [4.78, 5) is 0. The first-order chi connectivity index (χ1) is 7.36. The number of benzene rings is 1. The molecular weight excluding hydrogens is 215 g/mol. The van der Waals surface area contributed by atoms with Crippen LogP contribution in [0.1, 0.15) is 31.0 Å². The van der Waals surface area contributed by atoms with Crippen LogP contribution in [0.2, 0.25) is 0 Å². The molecule has 0 saturated heterocycles. The van der Waals surface area contributed by atoms with E-state index in [2.05, 4.69) is 5.32 Å². The van der Waals surface area contributed by atoms with Crippen LogP contribution in [0.3, 0.4) is 0 Å². The molecular formula is C12H16F3N. The number of alkyl halides is 3. The molecule has 0 aliphatic carbocycles. The fourth-order valence-electron chi connectivity index (χ4n) is 1.76. The average Bonchev–Trinajstić information content (AvgIpc) is 2.17. The van der Waals surface area contributed by atoms with Gasteiger partial charge in [-0.25, -0.2) is 0 Å². The Labute approximate surface area is 93.7 Å². The van der Waals surface area contributed by atoms with Crippen LogP contribution in [0.15, 0.2) is 24.3 Å². The third-order valence-corrected chi connectivity index (χ3v) is 2.57. The fourth-order valence-corrected chi connectivity index (χ4v) is 1.76. The molecule has 0 aliphatic rings. The van der Waals surface area contributed by atoms with Crippen LogP contribution in [0.25, 0.3) is 0 Å². The maximum Gasteiger partial charge on any atom is 0.416 e. The minimum atomic E-state index is -4.26. The van der Waals surface area contributed by atoms with Gasteiger partial charge in [-0.2, -0.15) is 13.2 Å². The van der Waals surface area contributed by atoms with Gasteiger partial charge in [0, 0.05) is 6.04 Å². The number of rotatable bonds is 3. The van der Waals surface area contributed by atoms with E-state index < -0.39 is 11.7 Å². The highest BCUT2D eigenvalue weighted by Crippen LogP contribution is 2.30.